The van der Waals surface area contributed by atoms with Crippen LogP contribution in [0.25, 0.3) is 22.2 Å². The van der Waals surface area contributed by atoms with Gasteiger partial charge in [0.25, 0.3) is 17.5 Å². The minimum Gasteiger partial charge on any atom is -0.382 e. The van der Waals surface area contributed by atoms with E-state index in [1.807, 2.05) is 0 Å². The fourth-order valence-corrected chi connectivity index (χ4v) is 4.18. The van der Waals surface area contributed by atoms with Crippen molar-refractivity contribution in [3.63, 3.8) is 0 Å². The van der Waals surface area contributed by atoms with Crippen LogP contribution in [-0.2, 0) is 12.7 Å². The Balaban J connectivity index is 1.50. The average molecular weight is 586 g/mol. The molecule has 0 fully saturated rings. The van der Waals surface area contributed by atoms with Gasteiger partial charge in [-0.05, 0) is 30.5 Å². The number of aromatic nitrogens is 5. The smallest absolute Gasteiger partial charge is 0.382 e. The molecule has 0 spiro atoms. The highest BCUT2D eigenvalue weighted by atomic mass is 19.4. The Morgan fingerprint density at radius 2 is 1.78 bits per heavy atom. The highest BCUT2D eigenvalue weighted by Crippen LogP contribution is 2.32. The Hall–Kier alpha value is -4.34. The highest BCUT2D eigenvalue weighted by Gasteiger charge is 2.37. The summed E-state index contributed by atoms with van der Waals surface area (Å²) in [5.41, 5.74) is -4.76. The van der Waals surface area contributed by atoms with Gasteiger partial charge in [0, 0.05) is 36.6 Å². The second-order valence-corrected chi connectivity index (χ2v) is 9.18. The Morgan fingerprint density at radius 1 is 1.10 bits per heavy atom. The number of pyridine rings is 1. The van der Waals surface area contributed by atoms with Gasteiger partial charge in [0.2, 0.25) is 0 Å². The van der Waals surface area contributed by atoms with Crippen LogP contribution in [0, 0.1) is 5.82 Å². The summed E-state index contributed by atoms with van der Waals surface area (Å²) in [6.07, 6.45) is -8.37. The predicted molar refractivity (Wildman–Crippen MR) is 133 cm³/mol. The number of anilines is 1. The first-order valence-corrected chi connectivity index (χ1v) is 11.9. The van der Waals surface area contributed by atoms with Gasteiger partial charge in [-0.1, -0.05) is 0 Å². The molecular weight excluding hydrogens is 565 g/mol. The lowest BCUT2D eigenvalue weighted by Crippen LogP contribution is -2.30. The maximum atomic E-state index is 14.9. The zero-order chi connectivity index (χ0) is 30.1. The van der Waals surface area contributed by atoms with Crippen molar-refractivity contribution in [1.82, 2.24) is 24.7 Å². The van der Waals surface area contributed by atoms with Gasteiger partial charge in [-0.3, -0.25) is 9.59 Å². The average Bonchev–Trinajstić information content (AvgIpc) is 2.89. The first-order valence-electron chi connectivity index (χ1n) is 11.9. The van der Waals surface area contributed by atoms with Crippen LogP contribution in [0.4, 0.5) is 36.4 Å². The number of nitrogens with zero attached hydrogens (tertiary/aromatic N) is 4. The van der Waals surface area contributed by atoms with Crippen molar-refractivity contribution in [3.8, 4) is 11.4 Å². The first kappa shape index (κ1) is 29.6. The van der Waals surface area contributed by atoms with E-state index < -0.39 is 65.7 Å². The van der Waals surface area contributed by atoms with Crippen molar-refractivity contribution in [2.24, 2.45) is 0 Å². The molecule has 16 heteroatoms. The highest BCUT2D eigenvalue weighted by molar-refractivity contribution is 5.86. The van der Waals surface area contributed by atoms with E-state index in [0.29, 0.717) is 0 Å². The van der Waals surface area contributed by atoms with E-state index in [1.165, 1.54) is 25.3 Å². The molecule has 3 aromatic heterocycles. The van der Waals surface area contributed by atoms with Crippen LogP contribution >= 0.6 is 0 Å². The summed E-state index contributed by atoms with van der Waals surface area (Å²) in [6, 6.07) is 2.64. The molecule has 3 atom stereocenters. The molecule has 0 saturated carbocycles. The number of halogens is 7. The monoisotopic (exact) mass is 586 g/mol. The third-order valence-electron chi connectivity index (χ3n) is 6.10. The molecule has 0 bridgehead atoms. The van der Waals surface area contributed by atoms with E-state index in [0.717, 1.165) is 29.2 Å². The van der Waals surface area contributed by atoms with Crippen LogP contribution in [0.1, 0.15) is 30.6 Å². The topological polar surface area (TPSA) is 126 Å². The summed E-state index contributed by atoms with van der Waals surface area (Å²) in [4.78, 5) is 32.2. The SMILES string of the molecule is CC(CC(F)Cn1ccc2cc(-c3ncc(C(O)C(F)F)cn3)c(F)cc2c1=O)Nc1cn[nH]c(=O)c1C(F)(F)F. The van der Waals surface area contributed by atoms with Crippen molar-refractivity contribution in [2.45, 2.75) is 50.8 Å². The molecule has 41 heavy (non-hydrogen) atoms. The van der Waals surface area contributed by atoms with Crippen molar-refractivity contribution < 1.29 is 35.8 Å². The lowest BCUT2D eigenvalue weighted by molar-refractivity contribution is -0.138. The number of aliphatic hydroxyl groups is 1. The van der Waals surface area contributed by atoms with Crippen LogP contribution in [0.5, 0.6) is 0 Å². The second kappa shape index (κ2) is 11.6. The Morgan fingerprint density at radius 3 is 2.41 bits per heavy atom. The normalized spacial score (nSPS) is 14.3. The van der Waals surface area contributed by atoms with E-state index in [-0.39, 0.29) is 34.1 Å². The van der Waals surface area contributed by atoms with Gasteiger partial charge in [-0.2, -0.15) is 18.3 Å². The van der Waals surface area contributed by atoms with Gasteiger partial charge in [0.05, 0.1) is 29.4 Å². The van der Waals surface area contributed by atoms with E-state index in [1.54, 1.807) is 5.10 Å². The van der Waals surface area contributed by atoms with Crippen molar-refractivity contribution >= 4 is 16.5 Å². The number of aromatic amines is 1. The molecular formula is C25H21F7N6O3. The molecule has 9 nitrogen and oxygen atoms in total. The number of fused-ring (bicyclic) bond motifs is 1. The molecule has 3 heterocycles. The quantitative estimate of drug-likeness (QED) is 0.251. The van der Waals surface area contributed by atoms with E-state index >= 15 is 0 Å². The molecule has 1 aromatic carbocycles. The van der Waals surface area contributed by atoms with Gasteiger partial charge in [0.15, 0.2) is 5.82 Å². The van der Waals surface area contributed by atoms with E-state index in [4.69, 9.17) is 0 Å². The fourth-order valence-electron chi connectivity index (χ4n) is 4.18. The van der Waals surface area contributed by atoms with E-state index in [2.05, 4.69) is 20.4 Å². The standard InChI is InChI=1S/C25H21F7N6O3/c1-11(36-18-9-35-37-23(40)19(18)25(30,31)32)4-14(26)10-38-3-2-12-5-16(17(27)6-15(12)24(38)41)22-33-7-13(8-34-22)20(39)21(28)29/h2-3,5-9,11,14,20-21,39H,4,10H2,1H3,(H2,36,37,40). The number of rotatable bonds is 9. The summed E-state index contributed by atoms with van der Waals surface area (Å²) in [6.45, 7) is 0.887. The third kappa shape index (κ3) is 6.53. The van der Waals surface area contributed by atoms with Gasteiger partial charge < -0.3 is 15.0 Å². The molecule has 3 unspecified atom stereocenters. The lowest BCUT2D eigenvalue weighted by Gasteiger charge is -2.20. The van der Waals surface area contributed by atoms with Gasteiger partial charge >= 0.3 is 6.18 Å². The minimum absolute atomic E-state index is 0.110. The molecule has 4 rings (SSSR count). The Labute approximate surface area is 225 Å². The number of alkyl halides is 6. The summed E-state index contributed by atoms with van der Waals surface area (Å²) in [7, 11) is 0. The number of hydrogen-bond donors (Lipinski definition) is 3. The fraction of sp³-hybridized carbons (Fsp3) is 0.320. The number of aliphatic hydroxyl groups excluding tert-OH is 1. The zero-order valence-corrected chi connectivity index (χ0v) is 21.0. The summed E-state index contributed by atoms with van der Waals surface area (Å²) < 4.78 is 95.8. The number of nitrogens with one attached hydrogen (secondary N) is 2. The van der Waals surface area contributed by atoms with Gasteiger partial charge in [-0.25, -0.2) is 32.6 Å². The molecule has 0 aliphatic carbocycles. The van der Waals surface area contributed by atoms with Gasteiger partial charge in [0.1, 0.15) is 23.7 Å². The molecule has 0 aliphatic heterocycles. The number of hydrogen-bond acceptors (Lipinski definition) is 7. The largest absolute Gasteiger partial charge is 0.423 e. The zero-order valence-electron chi connectivity index (χ0n) is 21.0. The summed E-state index contributed by atoms with van der Waals surface area (Å²) in [5, 5.41) is 17.0. The van der Waals surface area contributed by atoms with Crippen molar-refractivity contribution in [3.05, 3.63) is 80.6 Å². The Bertz CT molecular complexity index is 1660. The maximum Gasteiger partial charge on any atom is 0.423 e. The van der Waals surface area contributed by atoms with Crippen LogP contribution in [0.15, 0.2) is 52.6 Å². The van der Waals surface area contributed by atoms with Crippen LogP contribution in [0.2, 0.25) is 0 Å². The van der Waals surface area contributed by atoms with Crippen molar-refractivity contribution in [2.75, 3.05) is 5.32 Å². The van der Waals surface area contributed by atoms with Gasteiger partial charge in [-0.15, -0.1) is 0 Å². The number of H-pyrrole nitrogens is 1. The van der Waals surface area contributed by atoms with Crippen LogP contribution < -0.4 is 16.4 Å². The maximum absolute atomic E-state index is 14.9. The molecule has 3 N–H and O–H groups in total. The lowest BCUT2D eigenvalue weighted by atomic mass is 10.1. The summed E-state index contributed by atoms with van der Waals surface area (Å²) >= 11 is 0. The Kier molecular flexibility index (Phi) is 8.42. The first-order chi connectivity index (χ1) is 19.3. The van der Waals surface area contributed by atoms with Crippen molar-refractivity contribution in [1.29, 1.82) is 0 Å². The van der Waals surface area contributed by atoms with Crippen LogP contribution in [-0.4, -0.2) is 48.5 Å². The predicted octanol–water partition coefficient (Wildman–Crippen LogP) is 4.23. The number of benzene rings is 1. The minimum atomic E-state index is -4.98. The summed E-state index contributed by atoms with van der Waals surface area (Å²) in [5.74, 6) is -1.11. The van der Waals surface area contributed by atoms with Crippen LogP contribution in [0.3, 0.4) is 0 Å². The molecule has 0 saturated heterocycles. The second-order valence-electron chi connectivity index (χ2n) is 9.18. The third-order valence-corrected chi connectivity index (χ3v) is 6.10. The molecule has 218 valence electrons. The molecule has 0 radical (unpaired) electrons. The molecule has 0 amide bonds. The van der Waals surface area contributed by atoms with E-state index in [9.17, 15) is 45.4 Å². The molecule has 0 aliphatic rings. The molecule has 4 aromatic rings.